The Kier molecular flexibility index (Phi) is 3.63. The maximum absolute atomic E-state index is 8.99. The van der Waals surface area contributed by atoms with Gasteiger partial charge in [-0.05, 0) is 26.7 Å². The van der Waals surface area contributed by atoms with Crippen LogP contribution >= 0.6 is 0 Å². The first-order valence-corrected chi connectivity index (χ1v) is 5.04. The molecule has 4 heteroatoms. The number of nitriles is 1. The van der Waals surface area contributed by atoms with Crippen LogP contribution < -0.4 is 0 Å². The van der Waals surface area contributed by atoms with Crippen molar-refractivity contribution in [2.45, 2.75) is 46.1 Å². The molecular weight excluding hydrogens is 176 g/mol. The monoisotopic (exact) mass is 192 g/mol. The summed E-state index contributed by atoms with van der Waals surface area (Å²) in [4.78, 5) is 0. The van der Waals surface area contributed by atoms with Crippen molar-refractivity contribution in [3.63, 3.8) is 0 Å². The summed E-state index contributed by atoms with van der Waals surface area (Å²) in [6, 6.07) is 2.37. The normalized spacial score (nSPS) is 10.5. The van der Waals surface area contributed by atoms with E-state index in [0.29, 0.717) is 5.69 Å². The quantitative estimate of drug-likeness (QED) is 0.733. The molecule has 0 bridgehead atoms. The van der Waals surface area contributed by atoms with Gasteiger partial charge in [-0.2, -0.15) is 5.26 Å². The fourth-order valence-electron chi connectivity index (χ4n) is 1.32. The van der Waals surface area contributed by atoms with Gasteiger partial charge in [0.25, 0.3) is 0 Å². The fraction of sp³-hybridized carbons (Fsp3) is 0.700. The maximum Gasteiger partial charge on any atom is 0.162 e. The highest BCUT2D eigenvalue weighted by Gasteiger charge is 2.13. The third kappa shape index (κ3) is 2.11. The summed E-state index contributed by atoms with van der Waals surface area (Å²) in [5.74, 6) is 0. The van der Waals surface area contributed by atoms with Crippen LogP contribution in [0.15, 0.2) is 0 Å². The van der Waals surface area contributed by atoms with Gasteiger partial charge < -0.3 is 0 Å². The standard InChI is InChI=1S/C10H16N4/c1-4-5-6-9-10(7-11)14(8(2)3)13-12-9/h8H,4-6H2,1-3H3. The van der Waals surface area contributed by atoms with Crippen LogP contribution in [0.1, 0.15) is 51.0 Å². The molecule has 0 aliphatic rings. The fourth-order valence-corrected chi connectivity index (χ4v) is 1.32. The lowest BCUT2D eigenvalue weighted by atomic mass is 10.2. The van der Waals surface area contributed by atoms with Crippen LogP contribution in [-0.4, -0.2) is 15.0 Å². The van der Waals surface area contributed by atoms with Crippen molar-refractivity contribution in [1.29, 1.82) is 5.26 Å². The predicted octanol–water partition coefficient (Wildman–Crippen LogP) is 2.07. The van der Waals surface area contributed by atoms with E-state index in [1.54, 1.807) is 4.68 Å². The van der Waals surface area contributed by atoms with Crippen molar-refractivity contribution >= 4 is 0 Å². The molecule has 0 atom stereocenters. The second-order valence-corrected chi connectivity index (χ2v) is 3.64. The maximum atomic E-state index is 8.99. The molecule has 4 nitrogen and oxygen atoms in total. The molecule has 0 saturated carbocycles. The zero-order chi connectivity index (χ0) is 10.6. The molecule has 0 spiro atoms. The van der Waals surface area contributed by atoms with Crippen LogP contribution in [0.25, 0.3) is 0 Å². The van der Waals surface area contributed by atoms with Gasteiger partial charge in [-0.15, -0.1) is 5.10 Å². The number of unbranched alkanes of at least 4 members (excludes halogenated alkanes) is 1. The Hall–Kier alpha value is -1.37. The summed E-state index contributed by atoms with van der Waals surface area (Å²) in [5, 5.41) is 17.0. The lowest BCUT2D eigenvalue weighted by molar-refractivity contribution is 0.509. The Bertz CT molecular complexity index is 332. The highest BCUT2D eigenvalue weighted by molar-refractivity contribution is 5.25. The van der Waals surface area contributed by atoms with Gasteiger partial charge in [-0.25, -0.2) is 4.68 Å². The van der Waals surface area contributed by atoms with E-state index in [2.05, 4.69) is 23.3 Å². The van der Waals surface area contributed by atoms with E-state index in [0.717, 1.165) is 25.0 Å². The lowest BCUT2D eigenvalue weighted by Gasteiger charge is -2.04. The molecule has 0 fully saturated rings. The number of rotatable bonds is 4. The Balaban J connectivity index is 2.91. The van der Waals surface area contributed by atoms with Crippen molar-refractivity contribution in [2.24, 2.45) is 0 Å². The van der Waals surface area contributed by atoms with Crippen molar-refractivity contribution in [2.75, 3.05) is 0 Å². The molecule has 0 radical (unpaired) electrons. The van der Waals surface area contributed by atoms with Crippen LogP contribution in [0.5, 0.6) is 0 Å². The van der Waals surface area contributed by atoms with Crippen molar-refractivity contribution < 1.29 is 0 Å². The van der Waals surface area contributed by atoms with Gasteiger partial charge in [0.15, 0.2) is 5.69 Å². The third-order valence-electron chi connectivity index (χ3n) is 2.13. The van der Waals surface area contributed by atoms with Gasteiger partial charge in [0.1, 0.15) is 11.8 Å². The summed E-state index contributed by atoms with van der Waals surface area (Å²) in [7, 11) is 0. The molecular formula is C10H16N4. The topological polar surface area (TPSA) is 54.5 Å². The number of aryl methyl sites for hydroxylation is 1. The zero-order valence-corrected chi connectivity index (χ0v) is 8.99. The summed E-state index contributed by atoms with van der Waals surface area (Å²) in [6.07, 6.45) is 3.02. The van der Waals surface area contributed by atoms with Crippen molar-refractivity contribution in [3.8, 4) is 6.07 Å². The molecule has 1 rings (SSSR count). The Labute approximate surface area is 84.5 Å². The van der Waals surface area contributed by atoms with E-state index < -0.39 is 0 Å². The second-order valence-electron chi connectivity index (χ2n) is 3.64. The van der Waals surface area contributed by atoms with E-state index in [1.165, 1.54) is 0 Å². The largest absolute Gasteiger partial charge is 0.232 e. The first kappa shape index (κ1) is 10.7. The smallest absolute Gasteiger partial charge is 0.162 e. The molecule has 14 heavy (non-hydrogen) atoms. The van der Waals surface area contributed by atoms with E-state index in [-0.39, 0.29) is 6.04 Å². The Morgan fingerprint density at radius 3 is 2.71 bits per heavy atom. The van der Waals surface area contributed by atoms with Crippen LogP contribution in [0.3, 0.4) is 0 Å². The zero-order valence-electron chi connectivity index (χ0n) is 8.99. The molecule has 1 aromatic rings. The molecule has 0 amide bonds. The lowest BCUT2D eigenvalue weighted by Crippen LogP contribution is -2.06. The minimum Gasteiger partial charge on any atom is -0.232 e. The Morgan fingerprint density at radius 2 is 2.21 bits per heavy atom. The first-order chi connectivity index (χ1) is 6.70. The number of hydrogen-bond donors (Lipinski definition) is 0. The van der Waals surface area contributed by atoms with Crippen molar-refractivity contribution in [1.82, 2.24) is 15.0 Å². The number of hydrogen-bond acceptors (Lipinski definition) is 3. The van der Waals surface area contributed by atoms with Crippen LogP contribution in [0, 0.1) is 11.3 Å². The summed E-state index contributed by atoms with van der Waals surface area (Å²) in [6.45, 7) is 6.12. The molecule has 76 valence electrons. The third-order valence-corrected chi connectivity index (χ3v) is 2.13. The summed E-state index contributed by atoms with van der Waals surface area (Å²) >= 11 is 0. The van der Waals surface area contributed by atoms with E-state index >= 15 is 0 Å². The Morgan fingerprint density at radius 1 is 1.50 bits per heavy atom. The average Bonchev–Trinajstić information content (AvgIpc) is 2.57. The summed E-state index contributed by atoms with van der Waals surface area (Å²) < 4.78 is 1.69. The molecule has 1 aromatic heterocycles. The van der Waals surface area contributed by atoms with Gasteiger partial charge in [-0.1, -0.05) is 18.6 Å². The first-order valence-electron chi connectivity index (χ1n) is 5.04. The van der Waals surface area contributed by atoms with Crippen LogP contribution in [-0.2, 0) is 6.42 Å². The number of aromatic nitrogens is 3. The molecule has 0 aromatic carbocycles. The molecule has 0 unspecified atom stereocenters. The van der Waals surface area contributed by atoms with Gasteiger partial charge in [0, 0.05) is 6.04 Å². The number of nitrogens with zero attached hydrogens (tertiary/aromatic N) is 4. The highest BCUT2D eigenvalue weighted by atomic mass is 15.4. The molecule has 0 aliphatic heterocycles. The van der Waals surface area contributed by atoms with Gasteiger partial charge >= 0.3 is 0 Å². The van der Waals surface area contributed by atoms with E-state index in [1.807, 2.05) is 13.8 Å². The van der Waals surface area contributed by atoms with E-state index in [4.69, 9.17) is 5.26 Å². The molecule has 0 saturated heterocycles. The second kappa shape index (κ2) is 4.75. The molecule has 0 N–H and O–H groups in total. The highest BCUT2D eigenvalue weighted by Crippen LogP contribution is 2.12. The predicted molar refractivity (Wildman–Crippen MR) is 53.7 cm³/mol. The van der Waals surface area contributed by atoms with Crippen LogP contribution in [0.4, 0.5) is 0 Å². The van der Waals surface area contributed by atoms with Gasteiger partial charge in [0.2, 0.25) is 0 Å². The molecule has 1 heterocycles. The average molecular weight is 192 g/mol. The van der Waals surface area contributed by atoms with Crippen LogP contribution in [0.2, 0.25) is 0 Å². The van der Waals surface area contributed by atoms with Crippen molar-refractivity contribution in [3.05, 3.63) is 11.4 Å². The molecule has 0 aliphatic carbocycles. The van der Waals surface area contributed by atoms with Gasteiger partial charge in [-0.3, -0.25) is 0 Å². The minimum absolute atomic E-state index is 0.201. The SMILES string of the molecule is CCCCc1nnn(C(C)C)c1C#N. The van der Waals surface area contributed by atoms with Gasteiger partial charge in [0.05, 0.1) is 0 Å². The minimum atomic E-state index is 0.201. The van der Waals surface area contributed by atoms with E-state index in [9.17, 15) is 0 Å². The summed E-state index contributed by atoms with van der Waals surface area (Å²) in [5.41, 5.74) is 1.46.